The molecule has 1 aliphatic heterocycles. The van der Waals surface area contributed by atoms with E-state index < -0.39 is 0 Å². The van der Waals surface area contributed by atoms with Crippen LogP contribution in [-0.4, -0.2) is 106 Å². The molecule has 57 heavy (non-hydrogen) atoms. The first-order chi connectivity index (χ1) is 26.4. The molecule has 0 atom stereocenters. The molecule has 2 aromatic rings. The fourth-order valence-electron chi connectivity index (χ4n) is 8.94. The van der Waals surface area contributed by atoms with Crippen molar-refractivity contribution in [3.63, 3.8) is 0 Å². The summed E-state index contributed by atoms with van der Waals surface area (Å²) in [5.74, 6) is 2.55. The van der Waals surface area contributed by atoms with Gasteiger partial charge in [0.1, 0.15) is 23.3 Å². The predicted molar refractivity (Wildman–Crippen MR) is 234 cm³/mol. The predicted octanol–water partition coefficient (Wildman–Crippen LogP) is 8.71. The monoisotopic (exact) mass is 793 g/mol. The molecule has 322 valence electrons. The van der Waals surface area contributed by atoms with Crippen molar-refractivity contribution in [3.8, 4) is 11.6 Å². The van der Waals surface area contributed by atoms with Crippen LogP contribution in [0, 0.1) is 0 Å². The van der Waals surface area contributed by atoms with E-state index in [0.29, 0.717) is 37.3 Å². The Morgan fingerprint density at radius 3 is 1.98 bits per heavy atom. The van der Waals surface area contributed by atoms with Gasteiger partial charge in [0.05, 0.1) is 31.1 Å². The lowest BCUT2D eigenvalue weighted by molar-refractivity contribution is -0.0761. The topological polar surface area (TPSA) is 93.2 Å². The van der Waals surface area contributed by atoms with Crippen molar-refractivity contribution < 1.29 is 18.9 Å². The van der Waals surface area contributed by atoms with Gasteiger partial charge in [-0.15, -0.1) is 0 Å². The number of piperazine rings is 1. The zero-order chi connectivity index (χ0) is 41.9. The third-order valence-corrected chi connectivity index (χ3v) is 12.0. The molecule has 0 aromatic carbocycles. The van der Waals surface area contributed by atoms with Crippen LogP contribution >= 0.6 is 0 Å². The van der Waals surface area contributed by atoms with Gasteiger partial charge >= 0.3 is 0 Å². The molecule has 3 aliphatic rings. The van der Waals surface area contributed by atoms with Crippen LogP contribution in [0.2, 0.25) is 0 Å². The van der Waals surface area contributed by atoms with E-state index in [2.05, 4.69) is 134 Å². The van der Waals surface area contributed by atoms with Crippen molar-refractivity contribution >= 4 is 5.82 Å². The smallest absolute Gasteiger partial charge is 0.213 e. The number of aromatic nitrogens is 2. The Kier molecular flexibility index (Phi) is 14.4. The number of nitrogens with zero attached hydrogens (tertiary/aromatic N) is 4. The number of hydrogen-bond acceptors (Lipinski definition) is 10. The lowest BCUT2D eigenvalue weighted by Crippen LogP contribution is -2.55. The zero-order valence-corrected chi connectivity index (χ0v) is 38.4. The third-order valence-electron chi connectivity index (χ3n) is 12.0. The van der Waals surface area contributed by atoms with Crippen molar-refractivity contribution in [2.24, 2.45) is 0 Å². The van der Waals surface area contributed by atoms with Crippen molar-refractivity contribution in [1.29, 1.82) is 0 Å². The van der Waals surface area contributed by atoms with Gasteiger partial charge in [-0.3, -0.25) is 4.90 Å². The maximum Gasteiger partial charge on any atom is 0.213 e. The molecule has 3 fully saturated rings. The van der Waals surface area contributed by atoms with Crippen LogP contribution in [-0.2, 0) is 14.9 Å². The molecule has 5 rings (SSSR count). The molecule has 1 saturated heterocycles. The Morgan fingerprint density at radius 1 is 0.719 bits per heavy atom. The van der Waals surface area contributed by atoms with Crippen LogP contribution in [0.5, 0.6) is 11.6 Å². The first-order valence-electron chi connectivity index (χ1n) is 21.9. The SMILES string of the molecule is CC(C)(C)NC1CC(Oc2ccc(OC(C)(C)CCC(C)(C)N3CCN(c4cc(C(C)(C)CC(C)(C)NC5CC(OCCOC(C)(C)C)C5)ccn4)CC3)cn2)C1. The molecule has 2 N–H and O–H groups in total. The second kappa shape index (κ2) is 18.0. The lowest BCUT2D eigenvalue weighted by atomic mass is 9.74. The fraction of sp³-hybridized carbons (Fsp3) is 0.787. The van der Waals surface area contributed by atoms with Gasteiger partial charge in [-0.1, -0.05) is 13.8 Å². The minimum atomic E-state index is -0.319. The van der Waals surface area contributed by atoms with Crippen LogP contribution in [0.1, 0.15) is 147 Å². The summed E-state index contributed by atoms with van der Waals surface area (Å²) in [6.45, 7) is 36.7. The number of ether oxygens (including phenoxy) is 4. The second-order valence-corrected chi connectivity index (χ2v) is 21.9. The van der Waals surface area contributed by atoms with E-state index in [1.165, 1.54) is 5.56 Å². The van der Waals surface area contributed by atoms with E-state index >= 15 is 0 Å². The first kappa shape index (κ1) is 45.6. The highest BCUT2D eigenvalue weighted by Crippen LogP contribution is 2.36. The number of hydrogen-bond donors (Lipinski definition) is 2. The minimum Gasteiger partial charge on any atom is -0.486 e. The van der Waals surface area contributed by atoms with E-state index in [-0.39, 0.29) is 39.3 Å². The highest BCUT2D eigenvalue weighted by atomic mass is 16.5. The van der Waals surface area contributed by atoms with Crippen LogP contribution in [0.3, 0.4) is 0 Å². The Balaban J connectivity index is 1.03. The van der Waals surface area contributed by atoms with Crippen LogP contribution in [0.4, 0.5) is 5.82 Å². The normalized spacial score (nSPS) is 22.9. The second-order valence-electron chi connectivity index (χ2n) is 21.9. The average Bonchev–Trinajstić information content (AvgIpc) is 3.06. The maximum absolute atomic E-state index is 6.48. The summed E-state index contributed by atoms with van der Waals surface area (Å²) < 4.78 is 24.5. The largest absolute Gasteiger partial charge is 0.486 e. The molecule has 0 unspecified atom stereocenters. The quantitative estimate of drug-likeness (QED) is 0.135. The molecule has 10 heteroatoms. The fourth-order valence-corrected chi connectivity index (χ4v) is 8.94. The molecule has 0 amide bonds. The van der Waals surface area contributed by atoms with Crippen molar-refractivity contribution in [2.45, 2.75) is 199 Å². The summed E-state index contributed by atoms with van der Waals surface area (Å²) in [7, 11) is 0. The molecule has 2 aromatic heterocycles. The summed E-state index contributed by atoms with van der Waals surface area (Å²) in [5, 5.41) is 7.60. The molecular formula is C47H80N6O4. The molecule has 3 heterocycles. The summed E-state index contributed by atoms with van der Waals surface area (Å²) >= 11 is 0. The molecule has 0 radical (unpaired) electrons. The van der Waals surface area contributed by atoms with Crippen LogP contribution in [0.15, 0.2) is 36.7 Å². The van der Waals surface area contributed by atoms with Crippen molar-refractivity contribution in [3.05, 3.63) is 42.2 Å². The van der Waals surface area contributed by atoms with Gasteiger partial charge < -0.3 is 34.5 Å². The molecule has 2 saturated carbocycles. The van der Waals surface area contributed by atoms with E-state index in [1.807, 2.05) is 18.3 Å². The first-order valence-corrected chi connectivity index (χ1v) is 21.9. The molecule has 0 bridgehead atoms. The minimum absolute atomic E-state index is 0.00492. The Morgan fingerprint density at radius 2 is 1.37 bits per heavy atom. The Hall–Kier alpha value is -2.50. The molecule has 0 spiro atoms. The van der Waals surface area contributed by atoms with Crippen LogP contribution in [0.25, 0.3) is 0 Å². The molecule has 10 nitrogen and oxygen atoms in total. The number of rotatable bonds is 19. The average molecular weight is 793 g/mol. The van der Waals surface area contributed by atoms with E-state index in [4.69, 9.17) is 23.9 Å². The van der Waals surface area contributed by atoms with E-state index in [9.17, 15) is 0 Å². The van der Waals surface area contributed by atoms with Gasteiger partial charge in [0.25, 0.3) is 0 Å². The van der Waals surface area contributed by atoms with Gasteiger partial charge in [0.15, 0.2) is 0 Å². The number of anilines is 1. The van der Waals surface area contributed by atoms with Gasteiger partial charge in [-0.05, 0) is 157 Å². The van der Waals surface area contributed by atoms with E-state index in [0.717, 1.165) is 82.7 Å². The van der Waals surface area contributed by atoms with Crippen LogP contribution < -0.4 is 25.0 Å². The highest BCUT2D eigenvalue weighted by Gasteiger charge is 2.38. The third kappa shape index (κ3) is 14.3. The molecule has 2 aliphatic carbocycles. The van der Waals surface area contributed by atoms with Gasteiger partial charge in [0, 0.05) is 67.1 Å². The molecular weight excluding hydrogens is 713 g/mol. The Bertz CT molecular complexity index is 1540. The van der Waals surface area contributed by atoms with Crippen molar-refractivity contribution in [2.75, 3.05) is 44.3 Å². The Labute approximate surface area is 346 Å². The maximum atomic E-state index is 6.48. The lowest BCUT2D eigenvalue weighted by Gasteiger charge is -2.45. The summed E-state index contributed by atoms with van der Waals surface area (Å²) in [6.07, 6.45) is 11.5. The standard InChI is InChI=1S/C47H80N6O4/c1-42(2,3)50-35-30-39(31-35)56-41-16-15-37(32-49-41)57-47(13,14)19-18-46(11,12)53-23-21-52(22-24-53)40-27-34(17-20-48-40)44(7,8)33-45(9,10)51-36-28-38(29-36)54-25-26-55-43(4,5)6/h15-17,20,27,32,35-36,38-39,50-51H,18-19,21-26,28-31,33H2,1-14H3. The number of nitrogens with one attached hydrogen (secondary N) is 2. The van der Waals surface area contributed by atoms with Gasteiger partial charge in [0.2, 0.25) is 5.88 Å². The summed E-state index contributed by atoms with van der Waals surface area (Å²) in [6, 6.07) is 9.50. The van der Waals surface area contributed by atoms with Gasteiger partial charge in [-0.2, -0.15) is 0 Å². The summed E-state index contributed by atoms with van der Waals surface area (Å²) in [4.78, 5) is 14.6. The van der Waals surface area contributed by atoms with Gasteiger partial charge in [-0.25, -0.2) is 9.97 Å². The van der Waals surface area contributed by atoms with E-state index in [1.54, 1.807) is 6.20 Å². The number of pyridine rings is 2. The zero-order valence-electron chi connectivity index (χ0n) is 38.4. The van der Waals surface area contributed by atoms with Crippen molar-refractivity contribution in [1.82, 2.24) is 25.5 Å². The summed E-state index contributed by atoms with van der Waals surface area (Å²) in [5.41, 5.74) is 1.08. The highest BCUT2D eigenvalue weighted by molar-refractivity contribution is 5.44.